The van der Waals surface area contributed by atoms with Gasteiger partial charge >= 0.3 is 0 Å². The molecule has 1 aromatic heterocycles. The molecule has 6 heteroatoms. The number of halogens is 1. The summed E-state index contributed by atoms with van der Waals surface area (Å²) in [7, 11) is 0. The van der Waals surface area contributed by atoms with E-state index in [2.05, 4.69) is 15.6 Å². The van der Waals surface area contributed by atoms with Crippen LogP contribution in [0.15, 0.2) is 23.0 Å². The van der Waals surface area contributed by atoms with Gasteiger partial charge in [-0.25, -0.2) is 9.37 Å². The van der Waals surface area contributed by atoms with Crippen molar-refractivity contribution in [1.29, 1.82) is 0 Å². The van der Waals surface area contributed by atoms with Gasteiger partial charge in [-0.2, -0.15) is 0 Å². The predicted octanol–water partition coefficient (Wildman–Crippen LogP) is 3.34. The van der Waals surface area contributed by atoms with Gasteiger partial charge in [0, 0.05) is 17.5 Å². The summed E-state index contributed by atoms with van der Waals surface area (Å²) in [6.45, 7) is 1.92. The van der Waals surface area contributed by atoms with Gasteiger partial charge in [0.2, 0.25) is 5.91 Å². The van der Waals surface area contributed by atoms with E-state index < -0.39 is 0 Å². The molecule has 104 valence electrons. The molecule has 1 unspecified atom stereocenters. The Morgan fingerprint density at radius 3 is 3.05 bits per heavy atom. The van der Waals surface area contributed by atoms with E-state index in [1.807, 2.05) is 12.3 Å². The largest absolute Gasteiger partial charge is 0.374 e. The third-order valence-electron chi connectivity index (χ3n) is 3.36. The van der Waals surface area contributed by atoms with Crippen molar-refractivity contribution in [1.82, 2.24) is 4.98 Å². The van der Waals surface area contributed by atoms with Crippen LogP contribution in [-0.4, -0.2) is 10.9 Å². The summed E-state index contributed by atoms with van der Waals surface area (Å²) in [6.07, 6.45) is 0.994. The van der Waals surface area contributed by atoms with Gasteiger partial charge in [-0.05, 0) is 31.0 Å². The summed E-state index contributed by atoms with van der Waals surface area (Å²) in [6, 6.07) is 3.06. The van der Waals surface area contributed by atoms with Crippen LogP contribution in [0.2, 0.25) is 0 Å². The number of rotatable bonds is 3. The van der Waals surface area contributed by atoms with Crippen LogP contribution in [0.1, 0.15) is 30.6 Å². The van der Waals surface area contributed by atoms with Gasteiger partial charge < -0.3 is 10.6 Å². The average molecular weight is 291 g/mol. The van der Waals surface area contributed by atoms with Crippen molar-refractivity contribution in [2.75, 3.05) is 10.6 Å². The normalized spacial score (nSPS) is 15.4. The molecule has 2 aromatic rings. The standard InChI is InChI=1S/C14H14FN3OS/c1-8(13-6-20-7-16-13)17-12-5-11-9(4-10(12)15)2-3-14(19)18-11/h4-8,17H,2-3H2,1H3,(H,18,19). The number of aryl methyl sites for hydroxylation is 1. The molecule has 3 rings (SSSR count). The lowest BCUT2D eigenvalue weighted by Gasteiger charge is -2.20. The molecule has 0 aliphatic carbocycles. The number of hydrogen-bond donors (Lipinski definition) is 2. The minimum Gasteiger partial charge on any atom is -0.374 e. The van der Waals surface area contributed by atoms with Crippen LogP contribution in [0.3, 0.4) is 0 Å². The highest BCUT2D eigenvalue weighted by molar-refractivity contribution is 7.07. The van der Waals surface area contributed by atoms with Crippen molar-refractivity contribution in [3.8, 4) is 0 Å². The Morgan fingerprint density at radius 2 is 2.30 bits per heavy atom. The Kier molecular flexibility index (Phi) is 3.40. The molecule has 0 saturated carbocycles. The predicted molar refractivity (Wildman–Crippen MR) is 77.5 cm³/mol. The zero-order chi connectivity index (χ0) is 14.1. The molecule has 1 aromatic carbocycles. The van der Waals surface area contributed by atoms with Crippen molar-refractivity contribution in [3.05, 3.63) is 40.1 Å². The smallest absolute Gasteiger partial charge is 0.224 e. The number of thiazole rings is 1. The van der Waals surface area contributed by atoms with E-state index in [0.717, 1.165) is 11.3 Å². The molecule has 0 radical (unpaired) electrons. The van der Waals surface area contributed by atoms with E-state index in [1.165, 1.54) is 17.4 Å². The van der Waals surface area contributed by atoms with Crippen LogP contribution in [0.4, 0.5) is 15.8 Å². The molecule has 1 atom stereocenters. The number of carbonyl (C=O) groups is 1. The lowest BCUT2D eigenvalue weighted by atomic mass is 10.0. The van der Waals surface area contributed by atoms with Crippen LogP contribution in [-0.2, 0) is 11.2 Å². The lowest BCUT2D eigenvalue weighted by Crippen LogP contribution is -2.19. The minimum atomic E-state index is -0.304. The van der Waals surface area contributed by atoms with Gasteiger partial charge in [-0.3, -0.25) is 4.79 Å². The van der Waals surface area contributed by atoms with Gasteiger partial charge in [0.15, 0.2) is 0 Å². The monoisotopic (exact) mass is 291 g/mol. The maximum Gasteiger partial charge on any atom is 0.224 e. The third kappa shape index (κ3) is 2.51. The second-order valence-electron chi connectivity index (χ2n) is 4.82. The molecule has 20 heavy (non-hydrogen) atoms. The number of anilines is 2. The van der Waals surface area contributed by atoms with E-state index in [4.69, 9.17) is 0 Å². The first-order valence-corrected chi connectivity index (χ1v) is 7.34. The molecular weight excluding hydrogens is 277 g/mol. The lowest BCUT2D eigenvalue weighted by molar-refractivity contribution is -0.116. The summed E-state index contributed by atoms with van der Waals surface area (Å²) in [5.41, 5.74) is 4.53. The summed E-state index contributed by atoms with van der Waals surface area (Å²) >= 11 is 1.50. The SMILES string of the molecule is CC(Nc1cc2c(cc1F)CCC(=O)N2)c1cscn1. The topological polar surface area (TPSA) is 54.0 Å². The van der Waals surface area contributed by atoms with Gasteiger partial charge in [-0.15, -0.1) is 11.3 Å². The molecule has 2 heterocycles. The number of benzene rings is 1. The van der Waals surface area contributed by atoms with Crippen LogP contribution >= 0.6 is 11.3 Å². The Bertz CT molecular complexity index is 642. The Hall–Kier alpha value is -1.95. The summed E-state index contributed by atoms with van der Waals surface area (Å²) in [5, 5.41) is 7.80. The molecule has 1 amide bonds. The second kappa shape index (κ2) is 5.20. The first kappa shape index (κ1) is 13.1. The first-order chi connectivity index (χ1) is 9.63. The number of nitrogens with zero attached hydrogens (tertiary/aromatic N) is 1. The van der Waals surface area contributed by atoms with Gasteiger partial charge in [0.05, 0.1) is 22.9 Å². The van der Waals surface area contributed by atoms with Crippen molar-refractivity contribution in [2.45, 2.75) is 25.8 Å². The fourth-order valence-electron chi connectivity index (χ4n) is 2.25. The van der Waals surface area contributed by atoms with Crippen molar-refractivity contribution in [2.24, 2.45) is 0 Å². The highest BCUT2D eigenvalue weighted by atomic mass is 32.1. The highest BCUT2D eigenvalue weighted by Crippen LogP contribution is 2.30. The second-order valence-corrected chi connectivity index (χ2v) is 5.54. The number of fused-ring (bicyclic) bond motifs is 1. The Morgan fingerprint density at radius 1 is 1.45 bits per heavy atom. The fraction of sp³-hybridized carbons (Fsp3) is 0.286. The van der Waals surface area contributed by atoms with Crippen molar-refractivity contribution in [3.63, 3.8) is 0 Å². The number of aromatic nitrogens is 1. The third-order valence-corrected chi connectivity index (χ3v) is 3.96. The number of carbonyl (C=O) groups excluding carboxylic acids is 1. The zero-order valence-electron chi connectivity index (χ0n) is 10.9. The van der Waals surface area contributed by atoms with Crippen LogP contribution in [0.25, 0.3) is 0 Å². The maximum atomic E-state index is 14.1. The van der Waals surface area contributed by atoms with Gasteiger partial charge in [-0.1, -0.05) is 0 Å². The van der Waals surface area contributed by atoms with E-state index >= 15 is 0 Å². The number of hydrogen-bond acceptors (Lipinski definition) is 4. The van der Waals surface area contributed by atoms with E-state index in [9.17, 15) is 9.18 Å². The first-order valence-electron chi connectivity index (χ1n) is 6.40. The summed E-state index contributed by atoms with van der Waals surface area (Å²) in [4.78, 5) is 15.6. The number of nitrogens with one attached hydrogen (secondary N) is 2. The van der Waals surface area contributed by atoms with Crippen molar-refractivity contribution < 1.29 is 9.18 Å². The van der Waals surface area contributed by atoms with E-state index in [-0.39, 0.29) is 17.8 Å². The fourth-order valence-corrected chi connectivity index (χ4v) is 2.90. The van der Waals surface area contributed by atoms with Crippen LogP contribution in [0, 0.1) is 5.82 Å². The van der Waals surface area contributed by atoms with Gasteiger partial charge in [0.25, 0.3) is 0 Å². The number of amides is 1. The van der Waals surface area contributed by atoms with Crippen molar-refractivity contribution >= 4 is 28.6 Å². The maximum absolute atomic E-state index is 14.1. The summed E-state index contributed by atoms with van der Waals surface area (Å²) < 4.78 is 14.1. The van der Waals surface area contributed by atoms with E-state index in [0.29, 0.717) is 24.2 Å². The molecule has 0 fully saturated rings. The molecule has 0 spiro atoms. The van der Waals surface area contributed by atoms with Gasteiger partial charge in [0.1, 0.15) is 5.82 Å². The Balaban J connectivity index is 1.86. The molecule has 0 bridgehead atoms. The van der Waals surface area contributed by atoms with Crippen LogP contribution in [0.5, 0.6) is 0 Å². The quantitative estimate of drug-likeness (QED) is 0.912. The molecule has 1 aliphatic heterocycles. The van der Waals surface area contributed by atoms with Crippen LogP contribution < -0.4 is 10.6 Å². The molecular formula is C14H14FN3OS. The molecule has 0 saturated heterocycles. The summed E-state index contributed by atoms with van der Waals surface area (Å²) in [5.74, 6) is -0.329. The zero-order valence-corrected chi connectivity index (χ0v) is 11.8. The minimum absolute atomic E-state index is 0.0254. The van der Waals surface area contributed by atoms with E-state index in [1.54, 1.807) is 11.6 Å². The Labute approximate surface area is 120 Å². The molecule has 1 aliphatic rings. The molecule has 2 N–H and O–H groups in total. The average Bonchev–Trinajstić information content (AvgIpc) is 2.94. The molecule has 4 nitrogen and oxygen atoms in total. The highest BCUT2D eigenvalue weighted by Gasteiger charge is 2.18.